The number of carbonyl (C=O) groups excluding carboxylic acids is 4. The van der Waals surface area contributed by atoms with Crippen LogP contribution in [0.1, 0.15) is 73.3 Å². The van der Waals surface area contributed by atoms with E-state index in [9.17, 15) is 19.2 Å². The molecule has 1 aromatic carbocycles. The summed E-state index contributed by atoms with van der Waals surface area (Å²) in [6.45, 7) is 12.8. The molecule has 0 fully saturated rings. The van der Waals surface area contributed by atoms with E-state index in [1.165, 1.54) is 19.2 Å². The molecule has 0 aliphatic rings. The molecular formula is C28H43NO9. The molecule has 2 N–H and O–H groups in total. The van der Waals surface area contributed by atoms with Gasteiger partial charge in [0.25, 0.3) is 0 Å². The summed E-state index contributed by atoms with van der Waals surface area (Å²) in [6.07, 6.45) is -0.585. The summed E-state index contributed by atoms with van der Waals surface area (Å²) in [6, 6.07) is 4.62. The first-order valence-corrected chi connectivity index (χ1v) is 13.0. The molecule has 1 aromatic rings. The molecule has 0 spiro atoms. The van der Waals surface area contributed by atoms with Crippen molar-refractivity contribution in [2.24, 2.45) is 23.5 Å². The molecule has 38 heavy (non-hydrogen) atoms. The minimum atomic E-state index is -1.58. The lowest BCUT2D eigenvalue weighted by atomic mass is 9.86. The first-order chi connectivity index (χ1) is 17.8. The minimum absolute atomic E-state index is 0.0398. The standard InChI is InChI=1S/C28H43NO9/c1-9-18(5)24(30)37-22-12-11-21(13-23(22)38-25(31)19(6)10-2)15-28(29,26(32)34-8)14-20(7)36-27(33)35-16-17(3)4/h11-13,17-20H,9-10,14-16,29H2,1-8H3/t18?,19?,20-,28?/m0/s1. The van der Waals surface area contributed by atoms with Gasteiger partial charge in [-0.05, 0) is 43.4 Å². The molecule has 214 valence electrons. The van der Waals surface area contributed by atoms with Crippen molar-refractivity contribution in [2.75, 3.05) is 13.7 Å². The fourth-order valence-electron chi connectivity index (χ4n) is 3.36. The molecule has 0 bridgehead atoms. The fraction of sp³-hybridized carbons (Fsp3) is 0.643. The Hall–Kier alpha value is -3.14. The molecule has 1 rings (SSSR count). The Kier molecular flexibility index (Phi) is 13.3. The largest absolute Gasteiger partial charge is 0.508 e. The van der Waals surface area contributed by atoms with Gasteiger partial charge in [0.05, 0.1) is 25.6 Å². The van der Waals surface area contributed by atoms with Crippen molar-refractivity contribution in [3.05, 3.63) is 23.8 Å². The van der Waals surface area contributed by atoms with Crippen LogP contribution in [0, 0.1) is 17.8 Å². The summed E-state index contributed by atoms with van der Waals surface area (Å²) >= 11 is 0. The van der Waals surface area contributed by atoms with Gasteiger partial charge in [-0.3, -0.25) is 14.4 Å². The maximum absolute atomic E-state index is 12.7. The molecule has 0 saturated carbocycles. The summed E-state index contributed by atoms with van der Waals surface area (Å²) in [7, 11) is 1.21. The summed E-state index contributed by atoms with van der Waals surface area (Å²) < 4.78 is 26.3. The molecule has 0 saturated heterocycles. The highest BCUT2D eigenvalue weighted by Crippen LogP contribution is 2.32. The van der Waals surface area contributed by atoms with Crippen LogP contribution >= 0.6 is 0 Å². The monoisotopic (exact) mass is 537 g/mol. The maximum atomic E-state index is 12.7. The molecule has 10 nitrogen and oxygen atoms in total. The molecule has 0 amide bonds. The van der Waals surface area contributed by atoms with Crippen molar-refractivity contribution >= 4 is 24.1 Å². The first-order valence-electron chi connectivity index (χ1n) is 13.0. The number of carbonyl (C=O) groups is 4. The van der Waals surface area contributed by atoms with Crippen molar-refractivity contribution in [3.8, 4) is 11.5 Å². The van der Waals surface area contributed by atoms with E-state index < -0.39 is 35.7 Å². The van der Waals surface area contributed by atoms with Crippen molar-refractivity contribution in [3.63, 3.8) is 0 Å². The Morgan fingerprint density at radius 2 is 1.45 bits per heavy atom. The smallest absolute Gasteiger partial charge is 0.468 e. The van der Waals surface area contributed by atoms with Gasteiger partial charge in [0, 0.05) is 12.8 Å². The van der Waals surface area contributed by atoms with Crippen LogP contribution in [0.4, 0.5) is 4.79 Å². The Bertz CT molecular complexity index is 962. The predicted octanol–water partition coefficient (Wildman–Crippen LogP) is 4.59. The average molecular weight is 538 g/mol. The van der Waals surface area contributed by atoms with Gasteiger partial charge in [-0.25, -0.2) is 4.79 Å². The molecule has 3 unspecified atom stereocenters. The highest BCUT2D eigenvalue weighted by molar-refractivity contribution is 5.81. The normalized spacial score (nSPS) is 15.0. The number of methoxy groups -OCH3 is 1. The lowest BCUT2D eigenvalue weighted by molar-refractivity contribution is -0.148. The van der Waals surface area contributed by atoms with E-state index >= 15 is 0 Å². The molecule has 0 aromatic heterocycles. The van der Waals surface area contributed by atoms with E-state index in [1.807, 2.05) is 27.7 Å². The molecule has 10 heteroatoms. The molecule has 4 atom stereocenters. The molecular weight excluding hydrogens is 494 g/mol. The maximum Gasteiger partial charge on any atom is 0.508 e. The van der Waals surface area contributed by atoms with Crippen molar-refractivity contribution in [1.82, 2.24) is 0 Å². The van der Waals surface area contributed by atoms with Gasteiger partial charge in [0.1, 0.15) is 11.6 Å². The van der Waals surface area contributed by atoms with Crippen LogP contribution in [0.25, 0.3) is 0 Å². The van der Waals surface area contributed by atoms with Gasteiger partial charge in [-0.2, -0.15) is 0 Å². The van der Waals surface area contributed by atoms with E-state index in [4.69, 9.17) is 29.4 Å². The van der Waals surface area contributed by atoms with Crippen LogP contribution in [0.3, 0.4) is 0 Å². The SMILES string of the molecule is CCC(C)C(=O)Oc1ccc(CC(N)(C[C@H](C)OC(=O)OCC(C)C)C(=O)OC)cc1OC(=O)C(C)CC. The molecule has 0 heterocycles. The van der Waals surface area contributed by atoms with E-state index in [0.717, 1.165) is 0 Å². The minimum Gasteiger partial charge on any atom is -0.468 e. The lowest BCUT2D eigenvalue weighted by Crippen LogP contribution is -2.53. The first kappa shape index (κ1) is 32.9. The van der Waals surface area contributed by atoms with Gasteiger partial charge < -0.3 is 29.4 Å². The van der Waals surface area contributed by atoms with Gasteiger partial charge in [0.2, 0.25) is 0 Å². The van der Waals surface area contributed by atoms with Crippen LogP contribution in [0.2, 0.25) is 0 Å². The third-order valence-corrected chi connectivity index (χ3v) is 6.05. The quantitative estimate of drug-likeness (QED) is 0.265. The molecule has 0 aliphatic carbocycles. The number of hydrogen-bond donors (Lipinski definition) is 1. The van der Waals surface area contributed by atoms with E-state index in [-0.39, 0.29) is 48.7 Å². The topological polar surface area (TPSA) is 140 Å². The van der Waals surface area contributed by atoms with Gasteiger partial charge in [0.15, 0.2) is 11.5 Å². The number of benzene rings is 1. The van der Waals surface area contributed by atoms with Gasteiger partial charge in [-0.15, -0.1) is 0 Å². The van der Waals surface area contributed by atoms with Crippen LogP contribution in [-0.4, -0.2) is 49.4 Å². The summed E-state index contributed by atoms with van der Waals surface area (Å²) in [5, 5.41) is 0. The number of esters is 3. The Morgan fingerprint density at radius 1 is 0.895 bits per heavy atom. The number of hydrogen-bond acceptors (Lipinski definition) is 10. The van der Waals surface area contributed by atoms with Gasteiger partial charge in [-0.1, -0.05) is 47.6 Å². The second-order valence-electron chi connectivity index (χ2n) is 10.2. The predicted molar refractivity (Wildman–Crippen MR) is 141 cm³/mol. The van der Waals surface area contributed by atoms with E-state index in [0.29, 0.717) is 18.4 Å². The summed E-state index contributed by atoms with van der Waals surface area (Å²) in [5.41, 5.74) is 5.41. The molecule has 0 aliphatic heterocycles. The van der Waals surface area contributed by atoms with Gasteiger partial charge >= 0.3 is 24.1 Å². The van der Waals surface area contributed by atoms with E-state index in [1.54, 1.807) is 26.8 Å². The Balaban J connectivity index is 3.24. The number of rotatable bonds is 14. The zero-order chi connectivity index (χ0) is 29.0. The van der Waals surface area contributed by atoms with Crippen LogP contribution in [0.15, 0.2) is 18.2 Å². The zero-order valence-electron chi connectivity index (χ0n) is 23.8. The van der Waals surface area contributed by atoms with Crippen LogP contribution in [-0.2, 0) is 35.0 Å². The number of nitrogens with two attached hydrogens (primary N) is 1. The van der Waals surface area contributed by atoms with Crippen molar-refractivity contribution < 1.29 is 42.9 Å². The average Bonchev–Trinajstić information content (AvgIpc) is 2.86. The Labute approximate surface area is 225 Å². The third kappa shape index (κ3) is 10.3. The zero-order valence-corrected chi connectivity index (χ0v) is 23.8. The highest BCUT2D eigenvalue weighted by atomic mass is 16.7. The third-order valence-electron chi connectivity index (χ3n) is 6.05. The second-order valence-corrected chi connectivity index (χ2v) is 10.2. The highest BCUT2D eigenvalue weighted by Gasteiger charge is 2.38. The van der Waals surface area contributed by atoms with Crippen LogP contribution in [0.5, 0.6) is 11.5 Å². The Morgan fingerprint density at radius 3 is 1.95 bits per heavy atom. The second kappa shape index (κ2) is 15.3. The number of ether oxygens (including phenoxy) is 5. The van der Waals surface area contributed by atoms with E-state index in [2.05, 4.69) is 0 Å². The van der Waals surface area contributed by atoms with Crippen molar-refractivity contribution in [2.45, 2.75) is 85.8 Å². The van der Waals surface area contributed by atoms with Crippen molar-refractivity contribution in [1.29, 1.82) is 0 Å². The lowest BCUT2D eigenvalue weighted by Gasteiger charge is -2.29. The summed E-state index contributed by atoms with van der Waals surface area (Å²) in [5.74, 6) is -2.13. The summed E-state index contributed by atoms with van der Waals surface area (Å²) in [4.78, 5) is 49.6. The fourth-order valence-corrected chi connectivity index (χ4v) is 3.36. The molecule has 0 radical (unpaired) electrons. The van der Waals surface area contributed by atoms with Crippen LogP contribution < -0.4 is 15.2 Å².